The number of benzene rings is 1. The van der Waals surface area contributed by atoms with Crippen LogP contribution >= 0.6 is 11.8 Å². The Morgan fingerprint density at radius 1 is 1.11 bits per heavy atom. The number of thioether (sulfide) groups is 1. The predicted molar refractivity (Wildman–Crippen MR) is 73.7 cm³/mol. The highest BCUT2D eigenvalue weighted by Gasteiger charge is 2.02. The summed E-state index contributed by atoms with van der Waals surface area (Å²) in [5.74, 6) is 0.828. The first kappa shape index (κ1) is 12.6. The largest absolute Gasteiger partial charge is 0.351 e. The summed E-state index contributed by atoms with van der Waals surface area (Å²) in [6.45, 7) is 0.653. The Labute approximate surface area is 111 Å². The molecule has 1 aromatic carbocycles. The Kier molecular flexibility index (Phi) is 4.78. The Bertz CT molecular complexity index is 488. The Morgan fingerprint density at radius 2 is 1.83 bits per heavy atom. The maximum atomic E-state index is 11.7. The van der Waals surface area contributed by atoms with Crippen molar-refractivity contribution in [2.45, 2.75) is 4.90 Å². The molecule has 0 saturated heterocycles. The smallest absolute Gasteiger partial charge is 0.251 e. The third-order valence-electron chi connectivity index (χ3n) is 2.34. The van der Waals surface area contributed by atoms with E-state index in [1.54, 1.807) is 24.2 Å². The van der Waals surface area contributed by atoms with E-state index in [4.69, 9.17) is 0 Å². The molecule has 0 aliphatic heterocycles. The predicted octanol–water partition coefficient (Wildman–Crippen LogP) is 2.60. The summed E-state index contributed by atoms with van der Waals surface area (Å²) < 4.78 is 0. The highest BCUT2D eigenvalue weighted by molar-refractivity contribution is 7.99. The van der Waals surface area contributed by atoms with Crippen LogP contribution in [-0.2, 0) is 0 Å². The van der Waals surface area contributed by atoms with Gasteiger partial charge < -0.3 is 5.32 Å². The molecule has 4 heteroatoms. The van der Waals surface area contributed by atoms with E-state index in [-0.39, 0.29) is 5.91 Å². The molecule has 0 spiro atoms. The molecule has 1 heterocycles. The van der Waals surface area contributed by atoms with Gasteiger partial charge >= 0.3 is 0 Å². The summed E-state index contributed by atoms with van der Waals surface area (Å²) >= 11 is 1.70. The number of carbonyl (C=O) groups is 1. The van der Waals surface area contributed by atoms with Gasteiger partial charge in [0.1, 0.15) is 0 Å². The molecular formula is C14H14N2OS. The van der Waals surface area contributed by atoms with Gasteiger partial charge in [-0.15, -0.1) is 11.8 Å². The maximum absolute atomic E-state index is 11.7. The number of aromatic nitrogens is 1. The molecule has 0 saturated carbocycles. The molecule has 0 aliphatic carbocycles. The van der Waals surface area contributed by atoms with Gasteiger partial charge in [0.15, 0.2) is 0 Å². The fourth-order valence-electron chi connectivity index (χ4n) is 1.46. The summed E-state index contributed by atoms with van der Waals surface area (Å²) in [6.07, 6.45) is 3.54. The molecule has 0 unspecified atom stereocenters. The number of hydrogen-bond donors (Lipinski definition) is 1. The van der Waals surface area contributed by atoms with Gasteiger partial charge in [0.2, 0.25) is 0 Å². The van der Waals surface area contributed by atoms with E-state index in [0.717, 1.165) is 5.75 Å². The number of rotatable bonds is 5. The first-order valence-corrected chi connectivity index (χ1v) is 6.71. The molecule has 0 radical (unpaired) electrons. The lowest BCUT2D eigenvalue weighted by Gasteiger charge is -2.04. The summed E-state index contributed by atoms with van der Waals surface area (Å²) in [5.41, 5.74) is 0.700. The number of carbonyl (C=O) groups excluding carboxylic acids is 1. The van der Waals surface area contributed by atoms with Crippen molar-refractivity contribution in [3.63, 3.8) is 0 Å². The van der Waals surface area contributed by atoms with Crippen molar-refractivity contribution in [2.75, 3.05) is 12.3 Å². The zero-order chi connectivity index (χ0) is 12.6. The Morgan fingerprint density at radius 3 is 2.56 bits per heavy atom. The van der Waals surface area contributed by atoms with Gasteiger partial charge in [-0.1, -0.05) is 18.2 Å². The second-order valence-electron chi connectivity index (χ2n) is 3.65. The van der Waals surface area contributed by atoms with E-state index in [1.165, 1.54) is 4.90 Å². The average molecular weight is 258 g/mol. The molecule has 1 amide bonds. The van der Waals surface area contributed by atoms with Gasteiger partial charge in [0.05, 0.1) is 0 Å². The van der Waals surface area contributed by atoms with Gasteiger partial charge in [-0.25, -0.2) is 0 Å². The van der Waals surface area contributed by atoms with Crippen LogP contribution < -0.4 is 5.32 Å². The highest BCUT2D eigenvalue weighted by Crippen LogP contribution is 2.14. The number of nitrogens with one attached hydrogen (secondary N) is 1. The number of nitrogens with zero attached hydrogens (tertiary/aromatic N) is 1. The van der Waals surface area contributed by atoms with Crippen LogP contribution in [0.5, 0.6) is 0 Å². The van der Waals surface area contributed by atoms with Crippen LogP contribution in [0.4, 0.5) is 0 Å². The Hall–Kier alpha value is -1.81. The number of amides is 1. The second kappa shape index (κ2) is 6.81. The molecule has 2 rings (SSSR count). The maximum Gasteiger partial charge on any atom is 0.251 e. The quantitative estimate of drug-likeness (QED) is 0.662. The van der Waals surface area contributed by atoms with Gasteiger partial charge in [0, 0.05) is 35.2 Å². The van der Waals surface area contributed by atoms with Crippen LogP contribution in [0.15, 0.2) is 59.8 Å². The van der Waals surface area contributed by atoms with Crippen molar-refractivity contribution >= 4 is 17.7 Å². The highest BCUT2D eigenvalue weighted by atomic mass is 32.2. The first-order valence-electron chi connectivity index (χ1n) is 5.72. The van der Waals surface area contributed by atoms with Crippen LogP contribution in [-0.4, -0.2) is 23.2 Å². The molecule has 92 valence electrons. The van der Waals surface area contributed by atoms with Crippen molar-refractivity contribution in [3.8, 4) is 0 Å². The summed E-state index contributed by atoms with van der Waals surface area (Å²) in [6, 6.07) is 13.2. The third kappa shape index (κ3) is 3.89. The molecule has 18 heavy (non-hydrogen) atoms. The van der Waals surface area contributed by atoms with Crippen molar-refractivity contribution in [2.24, 2.45) is 0 Å². The van der Waals surface area contributed by atoms with Gasteiger partial charge in [-0.3, -0.25) is 9.78 Å². The van der Waals surface area contributed by atoms with E-state index >= 15 is 0 Å². The fourth-order valence-corrected chi connectivity index (χ4v) is 2.21. The minimum Gasteiger partial charge on any atom is -0.351 e. The molecule has 3 nitrogen and oxygen atoms in total. The van der Waals surface area contributed by atoms with E-state index in [9.17, 15) is 4.79 Å². The molecule has 2 aromatic rings. The van der Waals surface area contributed by atoms with E-state index in [0.29, 0.717) is 12.1 Å². The topological polar surface area (TPSA) is 42.0 Å². The minimum absolute atomic E-state index is 0.0223. The van der Waals surface area contributed by atoms with Crippen molar-refractivity contribution in [1.82, 2.24) is 10.3 Å². The summed E-state index contributed by atoms with van der Waals surface area (Å²) in [4.78, 5) is 16.8. The molecular weight excluding hydrogens is 244 g/mol. The summed E-state index contributed by atoms with van der Waals surface area (Å²) in [7, 11) is 0. The molecule has 0 aliphatic rings. The standard InChI is InChI=1S/C14H14N2OS/c17-14(12-4-2-1-3-5-12)16-10-11-18-13-6-8-15-9-7-13/h1-9H,10-11H2,(H,16,17). The molecule has 0 atom stereocenters. The lowest BCUT2D eigenvalue weighted by molar-refractivity contribution is 0.0956. The van der Waals surface area contributed by atoms with E-state index in [1.807, 2.05) is 42.5 Å². The van der Waals surface area contributed by atoms with Crippen molar-refractivity contribution in [3.05, 3.63) is 60.4 Å². The zero-order valence-corrected chi connectivity index (χ0v) is 10.7. The summed E-state index contributed by atoms with van der Waals surface area (Å²) in [5, 5.41) is 2.89. The lowest BCUT2D eigenvalue weighted by Crippen LogP contribution is -2.25. The zero-order valence-electron chi connectivity index (χ0n) is 9.87. The molecule has 1 aromatic heterocycles. The van der Waals surface area contributed by atoms with Gasteiger partial charge in [0.25, 0.3) is 5.91 Å². The minimum atomic E-state index is -0.0223. The van der Waals surface area contributed by atoms with Crippen LogP contribution in [0, 0.1) is 0 Å². The van der Waals surface area contributed by atoms with Crippen LogP contribution in [0.25, 0.3) is 0 Å². The van der Waals surface area contributed by atoms with Crippen LogP contribution in [0.2, 0.25) is 0 Å². The molecule has 0 bridgehead atoms. The Balaban J connectivity index is 1.72. The average Bonchev–Trinajstić information content (AvgIpc) is 2.45. The first-order chi connectivity index (χ1) is 8.86. The van der Waals surface area contributed by atoms with Crippen molar-refractivity contribution in [1.29, 1.82) is 0 Å². The monoisotopic (exact) mass is 258 g/mol. The van der Waals surface area contributed by atoms with Crippen LogP contribution in [0.1, 0.15) is 10.4 Å². The number of hydrogen-bond acceptors (Lipinski definition) is 3. The van der Waals surface area contributed by atoms with Gasteiger partial charge in [-0.05, 0) is 24.3 Å². The van der Waals surface area contributed by atoms with Gasteiger partial charge in [-0.2, -0.15) is 0 Å². The lowest BCUT2D eigenvalue weighted by atomic mass is 10.2. The third-order valence-corrected chi connectivity index (χ3v) is 3.36. The molecule has 0 fully saturated rings. The second-order valence-corrected chi connectivity index (χ2v) is 4.82. The molecule has 1 N–H and O–H groups in total. The van der Waals surface area contributed by atoms with Crippen molar-refractivity contribution < 1.29 is 4.79 Å². The van der Waals surface area contributed by atoms with E-state index < -0.39 is 0 Å². The van der Waals surface area contributed by atoms with E-state index in [2.05, 4.69) is 10.3 Å². The normalized spacial score (nSPS) is 10.0. The number of pyridine rings is 1. The SMILES string of the molecule is O=C(NCCSc1ccncc1)c1ccccc1. The van der Waals surface area contributed by atoms with Crippen LogP contribution in [0.3, 0.4) is 0 Å². The fraction of sp³-hybridized carbons (Fsp3) is 0.143.